The number of hydrogen-bond acceptors (Lipinski definition) is 5. The second-order valence-corrected chi connectivity index (χ2v) is 8.32. The average Bonchev–Trinajstić information content (AvgIpc) is 3.24. The fraction of sp³-hybridized carbons (Fsp3) is 0.0833. The molecule has 0 bridgehead atoms. The number of anilines is 2. The summed E-state index contributed by atoms with van der Waals surface area (Å²) in [7, 11) is 0. The van der Waals surface area contributed by atoms with Gasteiger partial charge >= 0.3 is 0 Å². The Labute approximate surface area is 200 Å². The summed E-state index contributed by atoms with van der Waals surface area (Å²) < 4.78 is 1.70. The van der Waals surface area contributed by atoms with Crippen molar-refractivity contribution >= 4 is 40.7 Å². The maximum atomic E-state index is 13.4. The molecule has 1 aliphatic rings. The van der Waals surface area contributed by atoms with Crippen molar-refractivity contribution in [3.8, 4) is 11.4 Å². The predicted molar refractivity (Wildman–Crippen MR) is 129 cm³/mol. The lowest BCUT2D eigenvalue weighted by Gasteiger charge is -2.28. The first-order valence-corrected chi connectivity index (χ1v) is 10.9. The zero-order valence-electron chi connectivity index (χ0n) is 17.5. The van der Waals surface area contributed by atoms with Crippen LogP contribution in [0.2, 0.25) is 10.0 Å². The van der Waals surface area contributed by atoms with Crippen molar-refractivity contribution in [2.75, 3.05) is 10.6 Å². The van der Waals surface area contributed by atoms with E-state index in [2.05, 4.69) is 20.6 Å². The van der Waals surface area contributed by atoms with Crippen LogP contribution in [0.1, 0.15) is 18.5 Å². The number of rotatable bonds is 4. The molecule has 3 heterocycles. The Kier molecular flexibility index (Phi) is 5.58. The molecule has 2 aromatic heterocycles. The molecule has 0 saturated carbocycles. The van der Waals surface area contributed by atoms with Gasteiger partial charge in [0.25, 0.3) is 5.91 Å². The molecule has 4 aromatic rings. The highest BCUT2D eigenvalue weighted by Crippen LogP contribution is 2.37. The minimum absolute atomic E-state index is 0.239. The highest BCUT2D eigenvalue weighted by molar-refractivity contribution is 6.42. The van der Waals surface area contributed by atoms with Crippen molar-refractivity contribution < 1.29 is 4.79 Å². The standard InChI is InChI=1S/C24H18Cl2N6O/c1-14-20(23(33)29-17-7-3-2-4-8-17)21(16-6-5-11-27-13-16)32-24(28-14)30-22(31-32)15-9-10-18(25)19(26)12-15/h2-13,21H,1H3,(H,29,33)(H,28,30,31). The van der Waals surface area contributed by atoms with E-state index in [-0.39, 0.29) is 5.91 Å². The number of amides is 1. The zero-order chi connectivity index (χ0) is 22.9. The van der Waals surface area contributed by atoms with Crippen LogP contribution in [0.3, 0.4) is 0 Å². The van der Waals surface area contributed by atoms with Gasteiger partial charge in [0.1, 0.15) is 6.04 Å². The highest BCUT2D eigenvalue weighted by atomic mass is 35.5. The van der Waals surface area contributed by atoms with Gasteiger partial charge in [-0.05, 0) is 48.9 Å². The van der Waals surface area contributed by atoms with E-state index >= 15 is 0 Å². The number of carbonyl (C=O) groups excluding carboxylic acids is 1. The Hall–Kier alpha value is -3.68. The lowest BCUT2D eigenvalue weighted by atomic mass is 9.96. The number of carbonyl (C=O) groups is 1. The summed E-state index contributed by atoms with van der Waals surface area (Å²) in [5, 5.41) is 11.8. The summed E-state index contributed by atoms with van der Waals surface area (Å²) in [4.78, 5) is 22.3. The number of benzene rings is 2. The highest BCUT2D eigenvalue weighted by Gasteiger charge is 2.34. The van der Waals surface area contributed by atoms with Gasteiger partial charge in [-0.25, -0.2) is 4.68 Å². The summed E-state index contributed by atoms with van der Waals surface area (Å²) in [6, 6.07) is 17.8. The second-order valence-electron chi connectivity index (χ2n) is 7.51. The molecule has 1 atom stereocenters. The maximum absolute atomic E-state index is 13.4. The van der Waals surface area contributed by atoms with Crippen molar-refractivity contribution in [1.29, 1.82) is 0 Å². The first-order valence-electron chi connectivity index (χ1n) is 10.2. The van der Waals surface area contributed by atoms with Gasteiger partial charge in [0.2, 0.25) is 5.95 Å². The summed E-state index contributed by atoms with van der Waals surface area (Å²) in [5.74, 6) is 0.735. The normalized spacial score (nSPS) is 15.1. The van der Waals surface area contributed by atoms with E-state index in [1.165, 1.54) is 0 Å². The molecule has 0 saturated heterocycles. The molecular weight excluding hydrogens is 459 g/mol. The molecule has 9 heteroatoms. The van der Waals surface area contributed by atoms with Gasteiger partial charge in [0, 0.05) is 29.3 Å². The predicted octanol–water partition coefficient (Wildman–Crippen LogP) is 5.57. The largest absolute Gasteiger partial charge is 0.328 e. The van der Waals surface area contributed by atoms with Crippen LogP contribution in [-0.4, -0.2) is 25.7 Å². The summed E-state index contributed by atoms with van der Waals surface area (Å²) in [5.41, 5.74) is 3.42. The minimum atomic E-state index is -0.525. The number of nitrogens with one attached hydrogen (secondary N) is 2. The van der Waals surface area contributed by atoms with Crippen LogP contribution in [0.4, 0.5) is 11.6 Å². The molecule has 1 amide bonds. The quantitative estimate of drug-likeness (QED) is 0.401. The van der Waals surface area contributed by atoms with E-state index in [0.717, 1.165) is 5.56 Å². The Morgan fingerprint density at radius 1 is 1.06 bits per heavy atom. The molecule has 7 nitrogen and oxygen atoms in total. The van der Waals surface area contributed by atoms with E-state index in [1.807, 2.05) is 49.4 Å². The topological polar surface area (TPSA) is 84.7 Å². The van der Waals surface area contributed by atoms with E-state index in [1.54, 1.807) is 35.3 Å². The monoisotopic (exact) mass is 476 g/mol. The van der Waals surface area contributed by atoms with E-state index in [9.17, 15) is 4.79 Å². The third-order valence-corrected chi connectivity index (χ3v) is 6.05. The maximum Gasteiger partial charge on any atom is 0.255 e. The third kappa shape index (κ3) is 4.08. The Bertz CT molecular complexity index is 1370. The molecular formula is C24H18Cl2N6O. The molecule has 0 radical (unpaired) electrons. The molecule has 2 N–H and O–H groups in total. The van der Waals surface area contributed by atoms with Crippen LogP contribution in [0.15, 0.2) is 84.3 Å². The first-order chi connectivity index (χ1) is 16.0. The Morgan fingerprint density at radius 3 is 2.61 bits per heavy atom. The number of halogens is 2. The minimum Gasteiger partial charge on any atom is -0.328 e. The average molecular weight is 477 g/mol. The van der Waals surface area contributed by atoms with Gasteiger partial charge in [-0.1, -0.05) is 47.5 Å². The van der Waals surface area contributed by atoms with Crippen molar-refractivity contribution in [2.24, 2.45) is 0 Å². The molecule has 0 spiro atoms. The molecule has 164 valence electrons. The van der Waals surface area contributed by atoms with Gasteiger partial charge in [-0.3, -0.25) is 9.78 Å². The molecule has 5 rings (SSSR count). The lowest BCUT2D eigenvalue weighted by Crippen LogP contribution is -2.31. The van der Waals surface area contributed by atoms with E-state index in [4.69, 9.17) is 28.3 Å². The van der Waals surface area contributed by atoms with Crippen LogP contribution in [0.5, 0.6) is 0 Å². The molecule has 1 unspecified atom stereocenters. The number of fused-ring (bicyclic) bond motifs is 1. The van der Waals surface area contributed by atoms with E-state index in [0.29, 0.717) is 44.3 Å². The Balaban J connectivity index is 1.59. The van der Waals surface area contributed by atoms with Crippen LogP contribution in [-0.2, 0) is 4.79 Å². The molecule has 0 fully saturated rings. The number of allylic oxidation sites excluding steroid dienone is 1. The number of para-hydroxylation sites is 1. The van der Waals surface area contributed by atoms with Crippen molar-refractivity contribution in [3.05, 3.63) is 99.9 Å². The fourth-order valence-corrected chi connectivity index (χ4v) is 4.07. The van der Waals surface area contributed by atoms with Gasteiger partial charge in [0.05, 0.1) is 15.6 Å². The van der Waals surface area contributed by atoms with Gasteiger partial charge in [-0.2, -0.15) is 4.98 Å². The zero-order valence-corrected chi connectivity index (χ0v) is 19.0. The second kappa shape index (κ2) is 8.69. The summed E-state index contributed by atoms with van der Waals surface area (Å²) in [6.07, 6.45) is 3.41. The van der Waals surface area contributed by atoms with Gasteiger partial charge in [-0.15, -0.1) is 5.10 Å². The smallest absolute Gasteiger partial charge is 0.255 e. The van der Waals surface area contributed by atoms with Crippen LogP contribution >= 0.6 is 23.2 Å². The van der Waals surface area contributed by atoms with Crippen LogP contribution < -0.4 is 10.6 Å². The van der Waals surface area contributed by atoms with Crippen LogP contribution in [0, 0.1) is 0 Å². The number of aromatic nitrogens is 4. The Morgan fingerprint density at radius 2 is 1.88 bits per heavy atom. The lowest BCUT2D eigenvalue weighted by molar-refractivity contribution is -0.113. The molecule has 0 aliphatic carbocycles. The fourth-order valence-electron chi connectivity index (χ4n) is 3.77. The van der Waals surface area contributed by atoms with Gasteiger partial charge in [0.15, 0.2) is 5.82 Å². The summed E-state index contributed by atoms with van der Waals surface area (Å²) >= 11 is 12.3. The number of nitrogens with zero attached hydrogens (tertiary/aromatic N) is 4. The van der Waals surface area contributed by atoms with Gasteiger partial charge < -0.3 is 10.6 Å². The van der Waals surface area contributed by atoms with Crippen molar-refractivity contribution in [1.82, 2.24) is 19.7 Å². The molecule has 2 aromatic carbocycles. The van der Waals surface area contributed by atoms with Crippen molar-refractivity contribution in [3.63, 3.8) is 0 Å². The molecule has 1 aliphatic heterocycles. The molecule has 33 heavy (non-hydrogen) atoms. The summed E-state index contributed by atoms with van der Waals surface area (Å²) in [6.45, 7) is 1.85. The third-order valence-electron chi connectivity index (χ3n) is 5.31. The number of hydrogen-bond donors (Lipinski definition) is 2. The first kappa shape index (κ1) is 21.2. The van der Waals surface area contributed by atoms with E-state index < -0.39 is 6.04 Å². The van der Waals surface area contributed by atoms with Crippen molar-refractivity contribution in [2.45, 2.75) is 13.0 Å². The SMILES string of the molecule is CC1=C(C(=O)Nc2ccccc2)C(c2cccnc2)n2nc(-c3ccc(Cl)c(Cl)c3)nc2N1. The number of pyridine rings is 1. The van der Waals surface area contributed by atoms with Crippen LogP contribution in [0.25, 0.3) is 11.4 Å².